The number of allylic oxidation sites excluding steroid dienone is 1. The van der Waals surface area contributed by atoms with Crippen molar-refractivity contribution >= 4 is 29.3 Å². The molecule has 0 spiro atoms. The second kappa shape index (κ2) is 15.7. The highest BCUT2D eigenvalue weighted by molar-refractivity contribution is 7.96. The van der Waals surface area contributed by atoms with E-state index in [0.717, 1.165) is 73.4 Å². The van der Waals surface area contributed by atoms with Gasteiger partial charge in [0.05, 0.1) is 11.6 Å². The molecule has 188 valence electrons. The summed E-state index contributed by atoms with van der Waals surface area (Å²) in [7, 11) is 0. The molecule has 5 heteroatoms. The van der Waals surface area contributed by atoms with E-state index in [2.05, 4.69) is 66.0 Å². The Morgan fingerprint density at radius 3 is 2.71 bits per heavy atom. The number of benzene rings is 2. The maximum atomic E-state index is 9.72. The van der Waals surface area contributed by atoms with Crippen LogP contribution in [0.1, 0.15) is 92.7 Å². The van der Waals surface area contributed by atoms with Crippen molar-refractivity contribution in [2.75, 3.05) is 12.8 Å². The van der Waals surface area contributed by atoms with Crippen molar-refractivity contribution < 1.29 is 0 Å². The van der Waals surface area contributed by atoms with Crippen molar-refractivity contribution in [2.45, 2.75) is 78.6 Å². The van der Waals surface area contributed by atoms with Gasteiger partial charge in [-0.2, -0.15) is 5.26 Å². The maximum Gasteiger partial charge on any atom is 0.0995 e. The lowest BCUT2D eigenvalue weighted by molar-refractivity contribution is 0.778. The van der Waals surface area contributed by atoms with Crippen LogP contribution in [0.2, 0.25) is 5.02 Å². The van der Waals surface area contributed by atoms with Gasteiger partial charge in [0.15, 0.2) is 0 Å². The average molecular weight is 510 g/mol. The lowest BCUT2D eigenvalue weighted by Gasteiger charge is -2.16. The Kier molecular flexibility index (Phi) is 13.0. The predicted octanol–water partition coefficient (Wildman–Crippen LogP) is 8.43. The monoisotopic (exact) mass is 509 g/mol. The summed E-state index contributed by atoms with van der Waals surface area (Å²) >= 11 is 8.23. The first kappa shape index (κ1) is 29.0. The summed E-state index contributed by atoms with van der Waals surface area (Å²) < 4.78 is 3.14. The highest BCUT2D eigenvalue weighted by atomic mass is 35.5. The normalized spacial score (nSPS) is 14.9. The van der Waals surface area contributed by atoms with E-state index < -0.39 is 0 Å². The molecule has 35 heavy (non-hydrogen) atoms. The molecule has 2 aromatic rings. The van der Waals surface area contributed by atoms with Crippen LogP contribution < -0.4 is 4.72 Å². The molecule has 0 saturated carbocycles. The fraction of sp³-hybridized carbons (Fsp3) is 0.467. The van der Waals surface area contributed by atoms with Crippen molar-refractivity contribution in [3.05, 3.63) is 81.0 Å². The molecule has 0 heterocycles. The molecule has 0 saturated heterocycles. The van der Waals surface area contributed by atoms with E-state index in [4.69, 9.17) is 11.6 Å². The average Bonchev–Trinajstić information content (AvgIpc) is 3.31. The molecule has 0 fully saturated rings. The van der Waals surface area contributed by atoms with E-state index in [1.54, 1.807) is 11.9 Å². The van der Waals surface area contributed by atoms with Gasteiger partial charge in [0, 0.05) is 35.7 Å². The summed E-state index contributed by atoms with van der Waals surface area (Å²) in [5.74, 6) is 0.316. The number of unbranched alkanes of at least 4 members (excludes halogenated alkanes) is 1. The number of nitrogens with one attached hydrogen (secondary N) is 1. The van der Waals surface area contributed by atoms with Crippen LogP contribution in [-0.2, 0) is 19.3 Å². The molecule has 1 unspecified atom stereocenters. The number of aliphatic imine (C=N–C) groups is 1. The number of nitriles is 1. The van der Waals surface area contributed by atoms with Crippen LogP contribution in [0.25, 0.3) is 0 Å². The van der Waals surface area contributed by atoms with Crippen LogP contribution in [0.15, 0.2) is 47.6 Å². The Balaban J connectivity index is 0.00000210. The molecule has 1 aliphatic rings. The van der Waals surface area contributed by atoms with E-state index in [1.807, 2.05) is 26.3 Å². The van der Waals surface area contributed by atoms with E-state index in [9.17, 15) is 5.26 Å². The number of hydrogen-bond donors (Lipinski definition) is 1. The van der Waals surface area contributed by atoms with Crippen LogP contribution in [0.4, 0.5) is 0 Å². The van der Waals surface area contributed by atoms with Gasteiger partial charge >= 0.3 is 0 Å². The first-order valence-electron chi connectivity index (χ1n) is 12.9. The highest BCUT2D eigenvalue weighted by Crippen LogP contribution is 2.40. The summed E-state index contributed by atoms with van der Waals surface area (Å²) in [6.45, 7) is 9.04. The molecule has 0 aliphatic heterocycles. The summed E-state index contributed by atoms with van der Waals surface area (Å²) in [5, 5.41) is 10.5. The predicted molar refractivity (Wildman–Crippen MR) is 155 cm³/mol. The zero-order chi connectivity index (χ0) is 25.6. The van der Waals surface area contributed by atoms with Gasteiger partial charge in [-0.15, -0.1) is 0 Å². The van der Waals surface area contributed by atoms with Crippen molar-refractivity contribution in [1.82, 2.24) is 4.72 Å². The van der Waals surface area contributed by atoms with Crippen LogP contribution in [0.5, 0.6) is 0 Å². The smallest absolute Gasteiger partial charge is 0.0995 e. The molecular weight excluding hydrogens is 470 g/mol. The van der Waals surface area contributed by atoms with Gasteiger partial charge < -0.3 is 4.72 Å². The largest absolute Gasteiger partial charge is 0.337 e. The topological polar surface area (TPSA) is 48.2 Å². The van der Waals surface area contributed by atoms with Gasteiger partial charge in [-0.05, 0) is 91.5 Å². The molecule has 2 aromatic carbocycles. The highest BCUT2D eigenvalue weighted by Gasteiger charge is 2.25. The molecule has 0 bridgehead atoms. The fourth-order valence-corrected chi connectivity index (χ4v) is 5.15. The molecule has 0 radical (unpaired) electrons. The minimum atomic E-state index is 0.316. The van der Waals surface area contributed by atoms with E-state index in [-0.39, 0.29) is 0 Å². The Morgan fingerprint density at radius 1 is 1.23 bits per heavy atom. The van der Waals surface area contributed by atoms with Crippen LogP contribution in [0.3, 0.4) is 0 Å². The number of halogens is 1. The van der Waals surface area contributed by atoms with Crippen molar-refractivity contribution in [2.24, 2.45) is 4.99 Å². The minimum absolute atomic E-state index is 0.316. The number of aryl methyl sites for hydroxylation is 2. The van der Waals surface area contributed by atoms with Crippen molar-refractivity contribution in [3.63, 3.8) is 0 Å². The van der Waals surface area contributed by atoms with Gasteiger partial charge in [-0.1, -0.05) is 68.9 Å². The first-order valence-corrected chi connectivity index (χ1v) is 14.5. The Labute approximate surface area is 222 Å². The lowest BCUT2D eigenvalue weighted by Crippen LogP contribution is -2.02. The number of rotatable bonds is 11. The van der Waals surface area contributed by atoms with Crippen LogP contribution in [0, 0.1) is 11.3 Å². The van der Waals surface area contributed by atoms with Gasteiger partial charge in [0.25, 0.3) is 0 Å². The van der Waals surface area contributed by atoms with Crippen molar-refractivity contribution in [3.8, 4) is 6.07 Å². The zero-order valence-corrected chi connectivity index (χ0v) is 23.5. The van der Waals surface area contributed by atoms with Crippen LogP contribution in [-0.4, -0.2) is 18.5 Å². The quantitative estimate of drug-likeness (QED) is 0.244. The number of nitrogens with zero attached hydrogens (tertiary/aromatic N) is 2. The van der Waals surface area contributed by atoms with E-state index in [1.165, 1.54) is 22.3 Å². The summed E-state index contributed by atoms with van der Waals surface area (Å²) in [5.41, 5.74) is 8.20. The molecule has 1 N–H and O–H groups in total. The molecule has 0 amide bonds. The molecule has 3 rings (SSSR count). The third-order valence-corrected chi connectivity index (χ3v) is 7.01. The van der Waals surface area contributed by atoms with E-state index in [0.29, 0.717) is 5.92 Å². The molecule has 3 nitrogen and oxygen atoms in total. The van der Waals surface area contributed by atoms with Gasteiger partial charge in [-0.3, -0.25) is 4.99 Å². The summed E-state index contributed by atoms with van der Waals surface area (Å²) in [6, 6.07) is 13.5. The zero-order valence-electron chi connectivity index (χ0n) is 22.0. The van der Waals surface area contributed by atoms with Gasteiger partial charge in [-0.25, -0.2) is 0 Å². The lowest BCUT2D eigenvalue weighted by atomic mass is 9.89. The Morgan fingerprint density at radius 2 is 2.03 bits per heavy atom. The first-order chi connectivity index (χ1) is 17.1. The minimum Gasteiger partial charge on any atom is -0.337 e. The third-order valence-electron chi connectivity index (χ3n) is 6.30. The second-order valence-electron chi connectivity index (χ2n) is 8.49. The SMILES string of the molecule is CC.CCCCc1c(Cl)cc(C2CCc3cc(CCC(/C=C\NSC)=NCC)ccc32)cc1C#N. The summed E-state index contributed by atoms with van der Waals surface area (Å²) in [6.07, 6.45) is 13.1. The maximum absolute atomic E-state index is 9.72. The molecule has 1 atom stereocenters. The van der Waals surface area contributed by atoms with E-state index >= 15 is 0 Å². The third kappa shape index (κ3) is 8.16. The fourth-order valence-electron chi connectivity index (χ4n) is 4.63. The number of fused-ring (bicyclic) bond motifs is 1. The molecule has 0 aromatic heterocycles. The summed E-state index contributed by atoms with van der Waals surface area (Å²) in [4.78, 5) is 4.63. The Bertz CT molecular complexity index is 1050. The van der Waals surface area contributed by atoms with Gasteiger partial charge in [0.2, 0.25) is 0 Å². The second-order valence-corrected chi connectivity index (χ2v) is 9.54. The Hall–Kier alpha value is -2.22. The van der Waals surface area contributed by atoms with Crippen LogP contribution >= 0.6 is 23.5 Å². The standard InChI is InChI=1S/C28H34ClN3S.C2H6/c1-4-6-7-27-23(19-30)17-22(18-28(27)29)26-13-10-21-16-20(9-12-25(21)26)8-11-24(31-5-2)14-15-32-33-3;1-2/h9,12,14-18,26,32H,4-8,10-11,13H2,1-3H3;1-2H3/b15-14-,31-24?;. The molecular formula is C30H40ClN3S. The molecule has 1 aliphatic carbocycles. The number of hydrogen-bond acceptors (Lipinski definition) is 4. The van der Waals surface area contributed by atoms with Gasteiger partial charge in [0.1, 0.15) is 0 Å². The van der Waals surface area contributed by atoms with Crippen molar-refractivity contribution in [1.29, 1.82) is 5.26 Å².